The summed E-state index contributed by atoms with van der Waals surface area (Å²) in [7, 11) is 0. The molecule has 4 aromatic rings. The van der Waals surface area contributed by atoms with Crippen molar-refractivity contribution in [2.45, 2.75) is 19.5 Å². The molecule has 0 fully saturated rings. The fraction of sp³-hybridized carbons (Fsp3) is 0.129. The van der Waals surface area contributed by atoms with Crippen molar-refractivity contribution in [3.05, 3.63) is 131 Å². The molecule has 4 N–H and O–H groups in total. The first-order valence-corrected chi connectivity index (χ1v) is 12.4. The summed E-state index contributed by atoms with van der Waals surface area (Å²) < 4.78 is 0. The highest BCUT2D eigenvalue weighted by Crippen LogP contribution is 2.15. The molecule has 3 amide bonds. The van der Waals surface area contributed by atoms with E-state index in [-0.39, 0.29) is 30.3 Å². The van der Waals surface area contributed by atoms with Crippen LogP contribution in [0, 0.1) is 0 Å². The van der Waals surface area contributed by atoms with Crippen LogP contribution >= 0.6 is 0 Å². The van der Waals surface area contributed by atoms with Gasteiger partial charge in [-0.3, -0.25) is 14.4 Å². The van der Waals surface area contributed by atoms with Crippen LogP contribution in [0.3, 0.4) is 0 Å². The Hall–Kier alpha value is -4.91. The number of hydrogen-bond acceptors (Lipinski definition) is 4. The minimum atomic E-state index is -0.251. The predicted molar refractivity (Wildman–Crippen MR) is 150 cm³/mol. The number of benzene rings is 4. The molecule has 0 aliphatic heterocycles. The summed E-state index contributed by atoms with van der Waals surface area (Å²) in [4.78, 5) is 37.5. The van der Waals surface area contributed by atoms with Gasteiger partial charge in [-0.25, -0.2) is 0 Å². The van der Waals surface area contributed by atoms with Gasteiger partial charge in [0, 0.05) is 29.0 Å². The quantitative estimate of drug-likeness (QED) is 0.239. The second-order valence-corrected chi connectivity index (χ2v) is 8.83. The van der Waals surface area contributed by atoms with Crippen molar-refractivity contribution in [3.63, 3.8) is 0 Å². The van der Waals surface area contributed by atoms with E-state index < -0.39 is 0 Å². The summed E-state index contributed by atoms with van der Waals surface area (Å²) >= 11 is 0. The Balaban J connectivity index is 1.24. The van der Waals surface area contributed by atoms with Gasteiger partial charge in [0.15, 0.2) is 0 Å². The maximum atomic E-state index is 12.6. The molecular formula is C31H30N4O3. The average Bonchev–Trinajstić information content (AvgIpc) is 2.96. The molecule has 7 heteroatoms. The fourth-order valence-electron chi connectivity index (χ4n) is 3.85. The number of carbonyl (C=O) groups is 3. The monoisotopic (exact) mass is 506 g/mol. The predicted octanol–water partition coefficient (Wildman–Crippen LogP) is 5.16. The zero-order chi connectivity index (χ0) is 26.7. The first-order valence-electron chi connectivity index (χ1n) is 12.4. The Labute approximate surface area is 222 Å². The summed E-state index contributed by atoms with van der Waals surface area (Å²) in [6.07, 6.45) is 0. The topological polar surface area (TPSA) is 99.3 Å². The maximum Gasteiger partial charge on any atom is 0.251 e. The van der Waals surface area contributed by atoms with E-state index in [0.717, 1.165) is 11.1 Å². The smallest absolute Gasteiger partial charge is 0.251 e. The van der Waals surface area contributed by atoms with Gasteiger partial charge in [-0.05, 0) is 60.5 Å². The second-order valence-electron chi connectivity index (χ2n) is 8.83. The van der Waals surface area contributed by atoms with Gasteiger partial charge in [-0.1, -0.05) is 66.7 Å². The minimum absolute atomic E-state index is 0.0198. The molecule has 1 unspecified atom stereocenters. The Bertz CT molecular complexity index is 1370. The number of amides is 3. The Morgan fingerprint density at radius 3 is 2.08 bits per heavy atom. The Morgan fingerprint density at radius 2 is 1.37 bits per heavy atom. The van der Waals surface area contributed by atoms with E-state index in [1.54, 1.807) is 48.5 Å². The molecule has 0 aliphatic carbocycles. The third-order valence-electron chi connectivity index (χ3n) is 5.95. The van der Waals surface area contributed by atoms with Crippen molar-refractivity contribution >= 4 is 29.1 Å². The van der Waals surface area contributed by atoms with E-state index in [1.165, 1.54) is 0 Å². The molecule has 0 bridgehead atoms. The van der Waals surface area contributed by atoms with E-state index in [2.05, 4.69) is 21.3 Å². The van der Waals surface area contributed by atoms with E-state index in [4.69, 9.17) is 0 Å². The number of anilines is 2. The van der Waals surface area contributed by atoms with Crippen LogP contribution in [0.5, 0.6) is 0 Å². The molecule has 0 heterocycles. The van der Waals surface area contributed by atoms with E-state index >= 15 is 0 Å². The van der Waals surface area contributed by atoms with Gasteiger partial charge in [0.05, 0.1) is 12.6 Å². The molecule has 4 aromatic carbocycles. The van der Waals surface area contributed by atoms with Crippen molar-refractivity contribution < 1.29 is 14.4 Å². The van der Waals surface area contributed by atoms with Crippen LogP contribution < -0.4 is 21.3 Å². The van der Waals surface area contributed by atoms with Crippen LogP contribution in [0.4, 0.5) is 11.4 Å². The highest BCUT2D eigenvalue weighted by atomic mass is 16.2. The SMILES string of the molecule is CC(NC(=O)c1ccc(NC(=O)CNc2cccc(C(=O)NCc3ccccc3)c2)cc1)c1ccccc1. The maximum absolute atomic E-state index is 12.6. The van der Waals surface area contributed by atoms with E-state index in [1.807, 2.05) is 67.6 Å². The number of hydrogen-bond donors (Lipinski definition) is 4. The third kappa shape index (κ3) is 7.54. The zero-order valence-electron chi connectivity index (χ0n) is 21.1. The van der Waals surface area contributed by atoms with Crippen LogP contribution in [0.1, 0.15) is 44.8 Å². The lowest BCUT2D eigenvalue weighted by Crippen LogP contribution is -2.26. The van der Waals surface area contributed by atoms with E-state index in [9.17, 15) is 14.4 Å². The van der Waals surface area contributed by atoms with Crippen molar-refractivity contribution in [3.8, 4) is 0 Å². The van der Waals surface area contributed by atoms with E-state index in [0.29, 0.717) is 29.0 Å². The fourth-order valence-corrected chi connectivity index (χ4v) is 3.85. The van der Waals surface area contributed by atoms with Gasteiger partial charge < -0.3 is 21.3 Å². The lowest BCUT2D eigenvalue weighted by Gasteiger charge is -2.14. The van der Waals surface area contributed by atoms with Gasteiger partial charge in [0.1, 0.15) is 0 Å². The Morgan fingerprint density at radius 1 is 0.684 bits per heavy atom. The highest BCUT2D eigenvalue weighted by molar-refractivity contribution is 5.97. The van der Waals surface area contributed by atoms with Crippen LogP contribution in [0.25, 0.3) is 0 Å². The van der Waals surface area contributed by atoms with Gasteiger partial charge in [0.2, 0.25) is 5.91 Å². The van der Waals surface area contributed by atoms with Gasteiger partial charge >= 0.3 is 0 Å². The number of carbonyl (C=O) groups excluding carboxylic acids is 3. The standard InChI is InChI=1S/C31H30N4O3/c1-22(24-11-6-3-7-12-24)34-31(38)25-15-17-27(18-16-25)35-29(36)21-32-28-14-8-13-26(19-28)30(37)33-20-23-9-4-2-5-10-23/h2-19,22,32H,20-21H2,1H3,(H,33,37)(H,34,38)(H,35,36). The van der Waals surface area contributed by atoms with Crippen LogP contribution in [-0.2, 0) is 11.3 Å². The van der Waals surface area contributed by atoms with Gasteiger partial charge in [0.25, 0.3) is 11.8 Å². The molecule has 38 heavy (non-hydrogen) atoms. The third-order valence-corrected chi connectivity index (χ3v) is 5.95. The summed E-state index contributed by atoms with van der Waals surface area (Å²) in [6, 6.07) is 33.0. The molecule has 0 saturated carbocycles. The summed E-state index contributed by atoms with van der Waals surface area (Å²) in [6.45, 7) is 2.39. The normalized spacial score (nSPS) is 11.2. The van der Waals surface area contributed by atoms with Crippen LogP contribution in [0.2, 0.25) is 0 Å². The summed E-state index contributed by atoms with van der Waals surface area (Å²) in [5, 5.41) is 11.7. The molecule has 4 rings (SSSR count). The molecule has 0 radical (unpaired) electrons. The molecule has 0 saturated heterocycles. The molecule has 0 aliphatic rings. The minimum Gasteiger partial charge on any atom is -0.376 e. The number of nitrogens with one attached hydrogen (secondary N) is 4. The molecule has 0 spiro atoms. The highest BCUT2D eigenvalue weighted by Gasteiger charge is 2.12. The molecule has 192 valence electrons. The van der Waals surface area contributed by atoms with Crippen LogP contribution in [-0.4, -0.2) is 24.3 Å². The molecule has 1 atom stereocenters. The second kappa shape index (κ2) is 12.9. The number of rotatable bonds is 10. The van der Waals surface area contributed by atoms with Crippen molar-refractivity contribution in [2.75, 3.05) is 17.2 Å². The summed E-state index contributed by atoms with van der Waals surface area (Å²) in [5.41, 5.74) is 4.29. The van der Waals surface area contributed by atoms with Crippen molar-refractivity contribution in [1.29, 1.82) is 0 Å². The molecular weight excluding hydrogens is 476 g/mol. The largest absolute Gasteiger partial charge is 0.376 e. The first-order chi connectivity index (χ1) is 18.5. The first kappa shape index (κ1) is 26.2. The lowest BCUT2D eigenvalue weighted by molar-refractivity contribution is -0.114. The van der Waals surface area contributed by atoms with Crippen molar-refractivity contribution in [2.24, 2.45) is 0 Å². The van der Waals surface area contributed by atoms with Gasteiger partial charge in [-0.15, -0.1) is 0 Å². The molecule has 0 aromatic heterocycles. The van der Waals surface area contributed by atoms with Gasteiger partial charge in [-0.2, -0.15) is 0 Å². The summed E-state index contributed by atoms with van der Waals surface area (Å²) in [5.74, 6) is -0.628. The van der Waals surface area contributed by atoms with Crippen LogP contribution in [0.15, 0.2) is 109 Å². The average molecular weight is 507 g/mol. The Kier molecular flexibility index (Phi) is 8.86. The lowest BCUT2D eigenvalue weighted by atomic mass is 10.1. The zero-order valence-corrected chi connectivity index (χ0v) is 21.1. The van der Waals surface area contributed by atoms with Crippen molar-refractivity contribution in [1.82, 2.24) is 10.6 Å². The molecule has 7 nitrogen and oxygen atoms in total.